The fourth-order valence-corrected chi connectivity index (χ4v) is 2.83. The van der Waals surface area contributed by atoms with Gasteiger partial charge >= 0.3 is 5.97 Å². The molecule has 1 heterocycles. The van der Waals surface area contributed by atoms with E-state index < -0.39 is 0 Å². The van der Waals surface area contributed by atoms with Gasteiger partial charge in [0.2, 0.25) is 0 Å². The van der Waals surface area contributed by atoms with Gasteiger partial charge in [0.15, 0.2) is 0 Å². The average molecular weight is 305 g/mol. The maximum absolute atomic E-state index is 12.1. The van der Waals surface area contributed by atoms with Crippen molar-refractivity contribution in [3.63, 3.8) is 0 Å². The minimum atomic E-state index is -0.270. The van der Waals surface area contributed by atoms with Gasteiger partial charge in [0.1, 0.15) is 6.61 Å². The number of carbonyl (C=O) groups excluding carboxylic acids is 1. The number of nitrogens with zero attached hydrogens (tertiary/aromatic N) is 1. The van der Waals surface area contributed by atoms with Crippen LogP contribution in [0.15, 0.2) is 24.3 Å². The number of carbonyl (C=O) groups is 1. The van der Waals surface area contributed by atoms with Gasteiger partial charge in [-0.05, 0) is 64.3 Å². The van der Waals surface area contributed by atoms with Gasteiger partial charge in [-0.25, -0.2) is 4.79 Å². The molecule has 1 atom stereocenters. The normalized spacial score (nSPS) is 18.3. The van der Waals surface area contributed by atoms with Crippen molar-refractivity contribution in [1.29, 1.82) is 0 Å². The molecule has 1 saturated heterocycles. The summed E-state index contributed by atoms with van der Waals surface area (Å²) in [6, 6.07) is 8.08. The third-order valence-electron chi connectivity index (χ3n) is 4.07. The Morgan fingerprint density at radius 2 is 2.05 bits per heavy atom. The van der Waals surface area contributed by atoms with Crippen LogP contribution in [-0.2, 0) is 9.47 Å². The van der Waals surface area contributed by atoms with Crippen molar-refractivity contribution in [1.82, 2.24) is 0 Å². The molecule has 1 aromatic rings. The Bertz CT molecular complexity index is 464. The van der Waals surface area contributed by atoms with E-state index in [0.717, 1.165) is 38.1 Å². The van der Waals surface area contributed by atoms with E-state index in [1.807, 2.05) is 24.3 Å². The molecule has 1 aromatic carbocycles. The Morgan fingerprint density at radius 3 is 2.59 bits per heavy atom. The number of anilines is 1. The lowest BCUT2D eigenvalue weighted by Crippen LogP contribution is -2.30. The number of rotatable bonds is 6. The molecule has 1 aliphatic heterocycles. The van der Waals surface area contributed by atoms with Crippen LogP contribution in [0.5, 0.6) is 0 Å². The van der Waals surface area contributed by atoms with Gasteiger partial charge < -0.3 is 14.4 Å². The SMILES string of the molecule is CCN(c1ccc(C(=O)OCC2CCCCO2)cc1)C(C)C. The zero-order valence-electron chi connectivity index (χ0n) is 13.9. The van der Waals surface area contributed by atoms with Crippen molar-refractivity contribution < 1.29 is 14.3 Å². The first kappa shape index (κ1) is 16.8. The maximum Gasteiger partial charge on any atom is 0.338 e. The molecule has 2 rings (SSSR count). The largest absolute Gasteiger partial charge is 0.459 e. The van der Waals surface area contributed by atoms with E-state index in [4.69, 9.17) is 9.47 Å². The molecular weight excluding hydrogens is 278 g/mol. The zero-order chi connectivity index (χ0) is 15.9. The average Bonchev–Trinajstić information content (AvgIpc) is 2.54. The highest BCUT2D eigenvalue weighted by Gasteiger charge is 2.17. The molecule has 0 aromatic heterocycles. The summed E-state index contributed by atoms with van der Waals surface area (Å²) < 4.78 is 10.9. The maximum atomic E-state index is 12.1. The summed E-state index contributed by atoms with van der Waals surface area (Å²) >= 11 is 0. The molecule has 0 amide bonds. The lowest BCUT2D eigenvalue weighted by atomic mass is 10.1. The molecular formula is C18H27NO3. The molecule has 0 saturated carbocycles. The van der Waals surface area contributed by atoms with Crippen LogP contribution in [0, 0.1) is 0 Å². The van der Waals surface area contributed by atoms with Crippen molar-refractivity contribution in [3.05, 3.63) is 29.8 Å². The molecule has 0 N–H and O–H groups in total. The van der Waals surface area contributed by atoms with E-state index in [1.54, 1.807) is 0 Å². The van der Waals surface area contributed by atoms with Gasteiger partial charge in [-0.2, -0.15) is 0 Å². The first-order valence-electron chi connectivity index (χ1n) is 8.27. The summed E-state index contributed by atoms with van der Waals surface area (Å²) in [6.45, 7) is 8.53. The Morgan fingerprint density at radius 1 is 1.32 bits per heavy atom. The highest BCUT2D eigenvalue weighted by atomic mass is 16.6. The van der Waals surface area contributed by atoms with Crippen molar-refractivity contribution in [2.75, 3.05) is 24.7 Å². The van der Waals surface area contributed by atoms with Crippen LogP contribution in [0.2, 0.25) is 0 Å². The van der Waals surface area contributed by atoms with Gasteiger partial charge in [-0.1, -0.05) is 0 Å². The smallest absolute Gasteiger partial charge is 0.338 e. The third kappa shape index (κ3) is 4.47. The number of esters is 1. The topological polar surface area (TPSA) is 38.8 Å². The highest BCUT2D eigenvalue weighted by Crippen LogP contribution is 2.19. The molecule has 0 bridgehead atoms. The first-order valence-corrected chi connectivity index (χ1v) is 8.27. The van der Waals surface area contributed by atoms with Crippen LogP contribution >= 0.6 is 0 Å². The Balaban J connectivity index is 1.90. The first-order chi connectivity index (χ1) is 10.6. The lowest BCUT2D eigenvalue weighted by molar-refractivity contribution is -0.0300. The standard InChI is InChI=1S/C18H27NO3/c1-4-19(14(2)3)16-10-8-15(9-11-16)18(20)22-13-17-7-5-6-12-21-17/h8-11,14,17H,4-7,12-13H2,1-3H3. The Hall–Kier alpha value is -1.55. The highest BCUT2D eigenvalue weighted by molar-refractivity contribution is 5.89. The lowest BCUT2D eigenvalue weighted by Gasteiger charge is -2.27. The van der Waals surface area contributed by atoms with E-state index in [-0.39, 0.29) is 12.1 Å². The van der Waals surface area contributed by atoms with Gasteiger partial charge in [0.05, 0.1) is 11.7 Å². The Labute approximate surface area is 133 Å². The summed E-state index contributed by atoms with van der Waals surface area (Å²) in [6.07, 6.45) is 3.30. The van der Waals surface area contributed by atoms with Crippen LogP contribution < -0.4 is 4.90 Å². The fourth-order valence-electron chi connectivity index (χ4n) is 2.83. The molecule has 4 nitrogen and oxygen atoms in total. The Kier molecular flexibility index (Phi) is 6.25. The predicted octanol–water partition coefficient (Wildman–Crippen LogP) is 3.65. The second-order valence-corrected chi connectivity index (χ2v) is 6.01. The van der Waals surface area contributed by atoms with E-state index in [1.165, 1.54) is 0 Å². The summed E-state index contributed by atoms with van der Waals surface area (Å²) in [4.78, 5) is 14.4. The number of ether oxygens (including phenoxy) is 2. The van der Waals surface area contributed by atoms with Crippen molar-refractivity contribution in [2.45, 2.75) is 52.2 Å². The molecule has 122 valence electrons. The van der Waals surface area contributed by atoms with Crippen LogP contribution in [0.3, 0.4) is 0 Å². The van der Waals surface area contributed by atoms with Crippen LogP contribution in [0.25, 0.3) is 0 Å². The molecule has 22 heavy (non-hydrogen) atoms. The molecule has 0 spiro atoms. The third-order valence-corrected chi connectivity index (χ3v) is 4.07. The van der Waals surface area contributed by atoms with Crippen LogP contribution in [-0.4, -0.2) is 37.9 Å². The number of benzene rings is 1. The van der Waals surface area contributed by atoms with Crippen molar-refractivity contribution in [2.24, 2.45) is 0 Å². The zero-order valence-corrected chi connectivity index (χ0v) is 13.9. The summed E-state index contributed by atoms with van der Waals surface area (Å²) in [5, 5.41) is 0. The van der Waals surface area contributed by atoms with E-state index in [9.17, 15) is 4.79 Å². The number of hydrogen-bond donors (Lipinski definition) is 0. The quantitative estimate of drug-likeness (QED) is 0.752. The molecule has 0 aliphatic carbocycles. The van der Waals surface area contributed by atoms with Crippen molar-refractivity contribution in [3.8, 4) is 0 Å². The molecule has 4 heteroatoms. The van der Waals surface area contributed by atoms with Crippen molar-refractivity contribution >= 4 is 11.7 Å². The fraction of sp³-hybridized carbons (Fsp3) is 0.611. The van der Waals surface area contributed by atoms with Gasteiger partial charge in [0, 0.05) is 24.9 Å². The van der Waals surface area contributed by atoms with Crippen LogP contribution in [0.4, 0.5) is 5.69 Å². The molecule has 1 aliphatic rings. The predicted molar refractivity (Wildman–Crippen MR) is 88.5 cm³/mol. The minimum Gasteiger partial charge on any atom is -0.459 e. The minimum absolute atomic E-state index is 0.0634. The second-order valence-electron chi connectivity index (χ2n) is 6.01. The molecule has 1 unspecified atom stereocenters. The van der Waals surface area contributed by atoms with Gasteiger partial charge in [0.25, 0.3) is 0 Å². The molecule has 0 radical (unpaired) electrons. The monoisotopic (exact) mass is 305 g/mol. The summed E-state index contributed by atoms with van der Waals surface area (Å²) in [5.41, 5.74) is 1.73. The van der Waals surface area contributed by atoms with E-state index in [2.05, 4.69) is 25.7 Å². The summed E-state index contributed by atoms with van der Waals surface area (Å²) in [7, 11) is 0. The van der Waals surface area contributed by atoms with Crippen LogP contribution in [0.1, 0.15) is 50.4 Å². The van der Waals surface area contributed by atoms with Gasteiger partial charge in [-0.3, -0.25) is 0 Å². The number of hydrogen-bond acceptors (Lipinski definition) is 4. The van der Waals surface area contributed by atoms with E-state index >= 15 is 0 Å². The second kappa shape index (κ2) is 8.18. The molecule has 1 fully saturated rings. The van der Waals surface area contributed by atoms with Gasteiger partial charge in [-0.15, -0.1) is 0 Å². The summed E-state index contributed by atoms with van der Waals surface area (Å²) in [5.74, 6) is -0.270. The van der Waals surface area contributed by atoms with E-state index in [0.29, 0.717) is 18.2 Å².